The van der Waals surface area contributed by atoms with Crippen LogP contribution in [-0.4, -0.2) is 24.4 Å². The fourth-order valence-corrected chi connectivity index (χ4v) is 2.42. The minimum absolute atomic E-state index is 0.0847. The molecule has 1 fully saturated rings. The maximum absolute atomic E-state index is 10.9. The number of nitrogens with one attached hydrogen (secondary N) is 2. The highest BCUT2D eigenvalue weighted by atomic mass is 32.1. The van der Waals surface area contributed by atoms with Crippen molar-refractivity contribution in [3.8, 4) is 0 Å². The molecule has 1 aromatic heterocycles. The third-order valence-electron chi connectivity index (χ3n) is 2.48. The van der Waals surface area contributed by atoms with Gasteiger partial charge in [0, 0.05) is 35.8 Å². The summed E-state index contributed by atoms with van der Waals surface area (Å²) in [5.41, 5.74) is 5.70. The molecular weight excluding hydrogens is 226 g/mol. The maximum atomic E-state index is 10.9. The summed E-state index contributed by atoms with van der Waals surface area (Å²) in [4.78, 5) is 22.9. The van der Waals surface area contributed by atoms with Gasteiger partial charge in [0.2, 0.25) is 11.8 Å². The molecule has 2 amide bonds. The Hall–Kier alpha value is -1.40. The fourth-order valence-electron chi connectivity index (χ4n) is 1.60. The first-order chi connectivity index (χ1) is 7.65. The molecule has 2 rings (SSSR count). The van der Waals surface area contributed by atoms with Crippen molar-refractivity contribution in [3.63, 3.8) is 0 Å². The van der Waals surface area contributed by atoms with Crippen molar-refractivity contribution >= 4 is 23.2 Å². The first kappa shape index (κ1) is 11.1. The highest BCUT2D eigenvalue weighted by Crippen LogP contribution is 2.14. The Morgan fingerprint density at radius 3 is 3.06 bits per heavy atom. The average molecular weight is 239 g/mol. The van der Waals surface area contributed by atoms with Gasteiger partial charge in [0.1, 0.15) is 0 Å². The number of hydrogen-bond acceptors (Lipinski definition) is 4. The molecule has 0 radical (unpaired) electrons. The Balaban J connectivity index is 1.85. The molecule has 0 saturated carbocycles. The zero-order chi connectivity index (χ0) is 11.5. The molecule has 0 spiro atoms. The van der Waals surface area contributed by atoms with E-state index in [9.17, 15) is 9.59 Å². The lowest BCUT2D eigenvalue weighted by Crippen LogP contribution is -2.30. The van der Waals surface area contributed by atoms with Crippen LogP contribution >= 0.6 is 11.3 Å². The molecule has 1 aliphatic heterocycles. The van der Waals surface area contributed by atoms with Crippen LogP contribution in [0.15, 0.2) is 11.4 Å². The summed E-state index contributed by atoms with van der Waals surface area (Å²) in [5.74, 6) is -0.318. The molecule has 0 bridgehead atoms. The second-order valence-electron chi connectivity index (χ2n) is 3.75. The molecule has 0 aliphatic carbocycles. The molecule has 1 saturated heterocycles. The summed E-state index contributed by atoms with van der Waals surface area (Å²) in [6, 6.07) is 1.97. The Kier molecular flexibility index (Phi) is 3.21. The Labute approximate surface area is 97.0 Å². The average Bonchev–Trinajstić information content (AvgIpc) is 2.83. The molecule has 1 atom stereocenters. The third-order valence-corrected chi connectivity index (χ3v) is 3.42. The van der Waals surface area contributed by atoms with E-state index in [1.54, 1.807) is 11.4 Å². The highest BCUT2D eigenvalue weighted by molar-refractivity contribution is 7.10. The summed E-state index contributed by atoms with van der Waals surface area (Å²) >= 11 is 1.49. The van der Waals surface area contributed by atoms with Gasteiger partial charge < -0.3 is 16.4 Å². The Bertz CT molecular complexity index is 416. The van der Waals surface area contributed by atoms with Crippen LogP contribution in [0.25, 0.3) is 0 Å². The fraction of sp³-hybridized carbons (Fsp3) is 0.400. The second kappa shape index (κ2) is 4.63. The van der Waals surface area contributed by atoms with Crippen molar-refractivity contribution in [1.82, 2.24) is 10.6 Å². The van der Waals surface area contributed by atoms with Gasteiger partial charge >= 0.3 is 0 Å². The van der Waals surface area contributed by atoms with E-state index in [0.29, 0.717) is 25.1 Å². The van der Waals surface area contributed by atoms with Crippen LogP contribution in [0.2, 0.25) is 0 Å². The normalized spacial score (nSPS) is 19.8. The van der Waals surface area contributed by atoms with E-state index in [-0.39, 0.29) is 11.9 Å². The van der Waals surface area contributed by atoms with Gasteiger partial charge in [0.15, 0.2) is 0 Å². The highest BCUT2D eigenvalue weighted by Gasteiger charge is 2.20. The number of nitrogens with two attached hydrogens (primary N) is 1. The van der Waals surface area contributed by atoms with Gasteiger partial charge in [-0.15, -0.1) is 11.3 Å². The second-order valence-corrected chi connectivity index (χ2v) is 4.75. The van der Waals surface area contributed by atoms with E-state index in [2.05, 4.69) is 10.6 Å². The molecule has 1 unspecified atom stereocenters. The van der Waals surface area contributed by atoms with Crippen LogP contribution in [0.5, 0.6) is 0 Å². The van der Waals surface area contributed by atoms with E-state index in [1.165, 1.54) is 11.3 Å². The molecule has 4 N–H and O–H groups in total. The van der Waals surface area contributed by atoms with Gasteiger partial charge in [-0.2, -0.15) is 0 Å². The van der Waals surface area contributed by atoms with E-state index >= 15 is 0 Å². The molecule has 1 aromatic rings. The minimum atomic E-state index is -0.403. The van der Waals surface area contributed by atoms with Crippen LogP contribution in [0.3, 0.4) is 0 Å². The predicted molar refractivity (Wildman–Crippen MR) is 61.1 cm³/mol. The molecular formula is C10H13N3O2S. The van der Waals surface area contributed by atoms with Crippen LogP contribution < -0.4 is 16.4 Å². The van der Waals surface area contributed by atoms with E-state index in [4.69, 9.17) is 5.73 Å². The molecule has 86 valence electrons. The minimum Gasteiger partial charge on any atom is -0.366 e. The van der Waals surface area contributed by atoms with Gasteiger partial charge in [-0.25, -0.2) is 0 Å². The van der Waals surface area contributed by atoms with Crippen molar-refractivity contribution in [3.05, 3.63) is 21.9 Å². The van der Waals surface area contributed by atoms with Crippen molar-refractivity contribution in [2.75, 3.05) is 6.54 Å². The summed E-state index contributed by atoms with van der Waals surface area (Å²) in [7, 11) is 0. The lowest BCUT2D eigenvalue weighted by Gasteiger charge is -2.08. The first-order valence-electron chi connectivity index (χ1n) is 5.02. The van der Waals surface area contributed by atoms with Gasteiger partial charge in [-0.05, 0) is 6.07 Å². The Morgan fingerprint density at radius 1 is 1.69 bits per heavy atom. The van der Waals surface area contributed by atoms with Crippen molar-refractivity contribution in [1.29, 1.82) is 0 Å². The van der Waals surface area contributed by atoms with Crippen LogP contribution in [0.1, 0.15) is 21.7 Å². The van der Waals surface area contributed by atoms with E-state index in [1.807, 2.05) is 0 Å². The molecule has 0 aromatic carbocycles. The van der Waals surface area contributed by atoms with E-state index < -0.39 is 5.91 Å². The zero-order valence-corrected chi connectivity index (χ0v) is 9.47. The van der Waals surface area contributed by atoms with Crippen LogP contribution in [-0.2, 0) is 11.3 Å². The van der Waals surface area contributed by atoms with Crippen LogP contribution in [0, 0.1) is 0 Å². The summed E-state index contributed by atoms with van der Waals surface area (Å²) in [6.45, 7) is 1.34. The van der Waals surface area contributed by atoms with Gasteiger partial charge in [-0.1, -0.05) is 0 Å². The molecule has 2 heterocycles. The van der Waals surface area contributed by atoms with Crippen molar-refractivity contribution in [2.45, 2.75) is 19.0 Å². The SMILES string of the molecule is NC(=O)c1csc(CNC2CNC(=O)C2)c1. The largest absolute Gasteiger partial charge is 0.366 e. The number of thiophene rings is 1. The lowest BCUT2D eigenvalue weighted by molar-refractivity contribution is -0.119. The number of carbonyl (C=O) groups excluding carboxylic acids is 2. The van der Waals surface area contributed by atoms with Crippen molar-refractivity contribution < 1.29 is 9.59 Å². The lowest BCUT2D eigenvalue weighted by atomic mass is 10.2. The molecule has 1 aliphatic rings. The smallest absolute Gasteiger partial charge is 0.249 e. The zero-order valence-electron chi connectivity index (χ0n) is 8.66. The number of carbonyl (C=O) groups is 2. The molecule has 5 nitrogen and oxygen atoms in total. The van der Waals surface area contributed by atoms with Crippen LogP contribution in [0.4, 0.5) is 0 Å². The molecule has 16 heavy (non-hydrogen) atoms. The van der Waals surface area contributed by atoms with E-state index in [0.717, 1.165) is 4.88 Å². The predicted octanol–water partition coefficient (Wildman–Crippen LogP) is -0.175. The molecule has 6 heteroatoms. The van der Waals surface area contributed by atoms with Crippen molar-refractivity contribution in [2.24, 2.45) is 5.73 Å². The van der Waals surface area contributed by atoms with Gasteiger partial charge in [0.25, 0.3) is 0 Å². The van der Waals surface area contributed by atoms with Gasteiger partial charge in [0.05, 0.1) is 5.56 Å². The standard InChI is InChI=1S/C10H13N3O2S/c11-10(15)6-1-8(16-5-6)4-12-7-2-9(14)13-3-7/h1,5,7,12H,2-4H2,(H2,11,15)(H,13,14). The quantitative estimate of drug-likeness (QED) is 0.681. The summed E-state index contributed by atoms with van der Waals surface area (Å²) in [6.07, 6.45) is 0.522. The third kappa shape index (κ3) is 2.59. The Morgan fingerprint density at radius 2 is 2.50 bits per heavy atom. The maximum Gasteiger partial charge on any atom is 0.249 e. The number of rotatable bonds is 4. The monoisotopic (exact) mass is 239 g/mol. The summed E-state index contributed by atoms with van der Waals surface area (Å²) < 4.78 is 0. The number of hydrogen-bond donors (Lipinski definition) is 3. The topological polar surface area (TPSA) is 84.2 Å². The number of primary amides is 1. The number of amides is 2. The summed E-state index contributed by atoms with van der Waals surface area (Å²) in [5, 5.41) is 7.76. The van der Waals surface area contributed by atoms with Gasteiger partial charge in [-0.3, -0.25) is 9.59 Å². The first-order valence-corrected chi connectivity index (χ1v) is 5.90.